The van der Waals surface area contributed by atoms with Crippen LogP contribution < -0.4 is 5.32 Å². The summed E-state index contributed by atoms with van der Waals surface area (Å²) in [6, 6.07) is 5.44. The van der Waals surface area contributed by atoms with Crippen LogP contribution >= 0.6 is 0 Å². The molecule has 1 aromatic carbocycles. The first-order valence-corrected chi connectivity index (χ1v) is 6.79. The minimum Gasteiger partial charge on any atom is -0.381 e. The summed E-state index contributed by atoms with van der Waals surface area (Å²) in [7, 11) is 0. The Kier molecular flexibility index (Phi) is 4.37. The summed E-state index contributed by atoms with van der Waals surface area (Å²) in [6.45, 7) is 7.32. The van der Waals surface area contributed by atoms with E-state index in [1.807, 2.05) is 13.0 Å². The Bertz CT molecular complexity index is 456. The maximum Gasteiger partial charge on any atom is 0.271 e. The van der Waals surface area contributed by atoms with E-state index in [0.29, 0.717) is 6.04 Å². The van der Waals surface area contributed by atoms with Gasteiger partial charge in [0.1, 0.15) is 0 Å². The van der Waals surface area contributed by atoms with Crippen molar-refractivity contribution < 1.29 is 4.92 Å². The molecule has 1 atom stereocenters. The first kappa shape index (κ1) is 13.8. The second-order valence-electron chi connectivity index (χ2n) is 5.37. The summed E-state index contributed by atoms with van der Waals surface area (Å²) < 4.78 is 0. The lowest BCUT2D eigenvalue weighted by molar-refractivity contribution is -0.384. The largest absolute Gasteiger partial charge is 0.381 e. The quantitative estimate of drug-likeness (QED) is 0.655. The fourth-order valence-electron chi connectivity index (χ4n) is 2.63. The molecule has 0 bridgehead atoms. The van der Waals surface area contributed by atoms with Crippen LogP contribution in [0.2, 0.25) is 0 Å². The molecular weight excluding hydrogens is 242 g/mol. The Morgan fingerprint density at radius 1 is 1.37 bits per heavy atom. The Hall–Kier alpha value is -1.62. The highest BCUT2D eigenvalue weighted by Crippen LogP contribution is 2.21. The number of nitro benzene ring substituents is 1. The number of non-ortho nitro benzene ring substituents is 1. The van der Waals surface area contributed by atoms with Crippen molar-refractivity contribution in [2.24, 2.45) is 0 Å². The van der Waals surface area contributed by atoms with Gasteiger partial charge in [0, 0.05) is 30.4 Å². The molecule has 19 heavy (non-hydrogen) atoms. The normalized spacial score (nSPS) is 17.4. The lowest BCUT2D eigenvalue weighted by Gasteiger charge is -2.22. The third kappa shape index (κ3) is 3.92. The SMILES string of the molecule is Cc1cc(NC(C)CN2CCCC2)cc([N+](=O)[O-])c1. The number of aryl methyl sites for hydroxylation is 1. The number of nitrogens with one attached hydrogen (secondary N) is 1. The number of nitro groups is 1. The van der Waals surface area contributed by atoms with Gasteiger partial charge in [-0.1, -0.05) is 0 Å². The van der Waals surface area contributed by atoms with Crippen LogP contribution in [0.15, 0.2) is 18.2 Å². The van der Waals surface area contributed by atoms with Crippen molar-refractivity contribution in [3.8, 4) is 0 Å². The van der Waals surface area contributed by atoms with Crippen molar-refractivity contribution in [3.63, 3.8) is 0 Å². The van der Waals surface area contributed by atoms with E-state index in [1.54, 1.807) is 12.1 Å². The van der Waals surface area contributed by atoms with E-state index in [-0.39, 0.29) is 10.6 Å². The van der Waals surface area contributed by atoms with Crippen molar-refractivity contribution >= 4 is 11.4 Å². The average molecular weight is 263 g/mol. The molecule has 5 heteroatoms. The van der Waals surface area contributed by atoms with Gasteiger partial charge in [0.15, 0.2) is 0 Å². The topological polar surface area (TPSA) is 58.4 Å². The van der Waals surface area contributed by atoms with E-state index in [1.165, 1.54) is 25.9 Å². The standard InChI is InChI=1S/C14H21N3O2/c1-11-7-13(9-14(8-11)17(18)19)15-12(2)10-16-5-3-4-6-16/h7-9,12,15H,3-6,10H2,1-2H3. The third-order valence-electron chi connectivity index (χ3n) is 3.42. The van der Waals surface area contributed by atoms with E-state index in [0.717, 1.165) is 17.8 Å². The summed E-state index contributed by atoms with van der Waals surface area (Å²) in [6.07, 6.45) is 2.56. The zero-order chi connectivity index (χ0) is 13.8. The first-order chi connectivity index (χ1) is 9.04. The molecule has 1 fully saturated rings. The van der Waals surface area contributed by atoms with Gasteiger partial charge in [-0.3, -0.25) is 10.1 Å². The van der Waals surface area contributed by atoms with Gasteiger partial charge in [0.2, 0.25) is 0 Å². The zero-order valence-electron chi connectivity index (χ0n) is 11.6. The van der Waals surface area contributed by atoms with Crippen LogP contribution in [0.1, 0.15) is 25.3 Å². The summed E-state index contributed by atoms with van der Waals surface area (Å²) >= 11 is 0. The van der Waals surface area contributed by atoms with Crippen molar-refractivity contribution in [3.05, 3.63) is 33.9 Å². The Labute approximate surface area is 113 Å². The molecule has 0 aliphatic carbocycles. The molecule has 1 aliphatic heterocycles. The molecule has 1 aliphatic rings. The second kappa shape index (κ2) is 6.02. The predicted octanol–water partition coefficient (Wildman–Crippen LogP) is 2.80. The molecule has 0 spiro atoms. The molecule has 0 amide bonds. The molecule has 0 saturated carbocycles. The van der Waals surface area contributed by atoms with E-state index >= 15 is 0 Å². The lowest BCUT2D eigenvalue weighted by atomic mass is 10.2. The van der Waals surface area contributed by atoms with Crippen LogP contribution in [0.5, 0.6) is 0 Å². The fraction of sp³-hybridized carbons (Fsp3) is 0.571. The smallest absolute Gasteiger partial charge is 0.271 e. The van der Waals surface area contributed by atoms with Crippen LogP contribution in [-0.2, 0) is 0 Å². The molecule has 0 aromatic heterocycles. The summed E-state index contributed by atoms with van der Waals surface area (Å²) in [4.78, 5) is 12.9. The Morgan fingerprint density at radius 3 is 2.68 bits per heavy atom. The van der Waals surface area contributed by atoms with Crippen molar-refractivity contribution in [2.75, 3.05) is 25.0 Å². The lowest BCUT2D eigenvalue weighted by Crippen LogP contribution is -2.32. The molecule has 1 saturated heterocycles. The molecule has 5 nitrogen and oxygen atoms in total. The number of hydrogen-bond acceptors (Lipinski definition) is 4. The van der Waals surface area contributed by atoms with Crippen molar-refractivity contribution in [2.45, 2.75) is 32.7 Å². The highest BCUT2D eigenvalue weighted by Gasteiger charge is 2.15. The van der Waals surface area contributed by atoms with Crippen molar-refractivity contribution in [1.29, 1.82) is 0 Å². The molecule has 1 unspecified atom stereocenters. The summed E-state index contributed by atoms with van der Waals surface area (Å²) in [5, 5.41) is 14.2. The molecule has 1 heterocycles. The van der Waals surface area contributed by atoms with Gasteiger partial charge in [-0.05, 0) is 51.4 Å². The summed E-state index contributed by atoms with van der Waals surface area (Å²) in [5.41, 5.74) is 1.89. The van der Waals surface area contributed by atoms with Gasteiger partial charge >= 0.3 is 0 Å². The number of nitrogens with zero attached hydrogens (tertiary/aromatic N) is 2. The highest BCUT2D eigenvalue weighted by atomic mass is 16.6. The van der Waals surface area contributed by atoms with Gasteiger partial charge in [-0.2, -0.15) is 0 Å². The van der Waals surface area contributed by atoms with Crippen LogP contribution in [0, 0.1) is 17.0 Å². The maximum atomic E-state index is 10.8. The molecule has 0 radical (unpaired) electrons. The zero-order valence-corrected chi connectivity index (χ0v) is 11.6. The van der Waals surface area contributed by atoms with Gasteiger partial charge < -0.3 is 10.2 Å². The summed E-state index contributed by atoms with van der Waals surface area (Å²) in [5.74, 6) is 0. The number of likely N-dealkylation sites (tertiary alicyclic amines) is 1. The first-order valence-electron chi connectivity index (χ1n) is 6.79. The van der Waals surface area contributed by atoms with E-state index in [9.17, 15) is 10.1 Å². The molecule has 2 rings (SSSR count). The van der Waals surface area contributed by atoms with Gasteiger partial charge in [-0.25, -0.2) is 0 Å². The van der Waals surface area contributed by atoms with E-state index in [4.69, 9.17) is 0 Å². The third-order valence-corrected chi connectivity index (χ3v) is 3.42. The van der Waals surface area contributed by atoms with Crippen LogP contribution in [0.4, 0.5) is 11.4 Å². The molecule has 1 N–H and O–H groups in total. The van der Waals surface area contributed by atoms with E-state index < -0.39 is 0 Å². The average Bonchev–Trinajstić information content (AvgIpc) is 2.80. The van der Waals surface area contributed by atoms with Crippen molar-refractivity contribution in [1.82, 2.24) is 4.90 Å². The molecule has 1 aromatic rings. The monoisotopic (exact) mass is 263 g/mol. The minimum absolute atomic E-state index is 0.149. The number of benzene rings is 1. The molecule has 104 valence electrons. The van der Waals surface area contributed by atoms with Gasteiger partial charge in [0.25, 0.3) is 5.69 Å². The van der Waals surface area contributed by atoms with Crippen LogP contribution in [0.3, 0.4) is 0 Å². The predicted molar refractivity (Wildman–Crippen MR) is 76.6 cm³/mol. The van der Waals surface area contributed by atoms with Gasteiger partial charge in [0.05, 0.1) is 4.92 Å². The van der Waals surface area contributed by atoms with Gasteiger partial charge in [-0.15, -0.1) is 0 Å². The highest BCUT2D eigenvalue weighted by molar-refractivity contribution is 5.54. The Morgan fingerprint density at radius 2 is 2.05 bits per heavy atom. The molecular formula is C14H21N3O2. The number of rotatable bonds is 5. The number of hydrogen-bond donors (Lipinski definition) is 1. The fourth-order valence-corrected chi connectivity index (χ4v) is 2.63. The van der Waals surface area contributed by atoms with Crippen LogP contribution in [0.25, 0.3) is 0 Å². The van der Waals surface area contributed by atoms with E-state index in [2.05, 4.69) is 17.1 Å². The van der Waals surface area contributed by atoms with Crippen LogP contribution in [-0.4, -0.2) is 35.5 Å². The number of anilines is 1. The Balaban J connectivity index is 1.99. The second-order valence-corrected chi connectivity index (χ2v) is 5.37. The minimum atomic E-state index is -0.344. The maximum absolute atomic E-state index is 10.8.